The third kappa shape index (κ3) is 10.0. The molecule has 1 aromatic heterocycles. The number of aromatic nitrogens is 1. The highest BCUT2D eigenvalue weighted by molar-refractivity contribution is 6.12. The first kappa shape index (κ1) is 52.1. The van der Waals surface area contributed by atoms with Gasteiger partial charge in [-0.25, -0.2) is 8.78 Å². The Morgan fingerprint density at radius 3 is 0.848 bits per heavy atom. The Morgan fingerprint density at radius 2 is 0.519 bits per heavy atom. The number of hydrogen-bond donors (Lipinski definition) is 0. The highest BCUT2D eigenvalue weighted by Crippen LogP contribution is 2.47. The summed E-state index contributed by atoms with van der Waals surface area (Å²) in [7, 11) is 0. The fourth-order valence-corrected chi connectivity index (χ4v) is 10.4. The van der Waals surface area contributed by atoms with Crippen LogP contribution < -0.4 is 0 Å². The van der Waals surface area contributed by atoms with Gasteiger partial charge in [-0.15, -0.1) is 0 Å². The van der Waals surface area contributed by atoms with Gasteiger partial charge in [0.25, 0.3) is 0 Å². The number of fused-ring (bicyclic) bond motifs is 3. The molecule has 79 heavy (non-hydrogen) atoms. The van der Waals surface area contributed by atoms with Crippen molar-refractivity contribution in [2.75, 3.05) is 0 Å². The molecule has 0 N–H and O–H groups in total. The molecule has 0 unspecified atom stereocenters. The van der Waals surface area contributed by atoms with Crippen molar-refractivity contribution in [3.63, 3.8) is 0 Å². The predicted molar refractivity (Wildman–Crippen MR) is 279 cm³/mol. The van der Waals surface area contributed by atoms with Crippen molar-refractivity contribution in [2.24, 2.45) is 0 Å². The molecule has 1 nitrogen and oxygen atoms in total. The predicted octanol–water partition coefficient (Wildman–Crippen LogP) is 20.8. The van der Waals surface area contributed by atoms with E-state index < -0.39 is 58.6 Å². The molecule has 0 amide bonds. The molecule has 394 valence electrons. The minimum Gasteiger partial charge on any atom is -0.309 e. The van der Waals surface area contributed by atoms with E-state index in [9.17, 15) is 61.5 Å². The van der Waals surface area contributed by atoms with Crippen molar-refractivity contribution in [1.82, 2.24) is 4.57 Å². The maximum atomic E-state index is 14.9. The standard InChI is InChI=1S/C64H35F14N/c65-45-31-44(32-46(66)35-45)51-15-5-10-20-58(51)79-59-23-21-36(38-25-40(47-11-1-6-16-54(47)61(67,68)69)29-41(26-38)48-12-2-7-17-55(48)62(70,71)72)33-52(59)53-34-37(22-24-60(53)79)39-27-42(49-13-3-8-18-56(49)63(73,74)75)30-43(28-39)50-14-4-9-19-57(50)64(76,77)78/h1-35H. The molecule has 0 aliphatic heterocycles. The summed E-state index contributed by atoms with van der Waals surface area (Å²) >= 11 is 0. The van der Waals surface area contributed by atoms with Crippen LogP contribution in [0.3, 0.4) is 0 Å². The summed E-state index contributed by atoms with van der Waals surface area (Å²) in [4.78, 5) is 0. The molecular formula is C64H35F14N. The maximum absolute atomic E-state index is 14.9. The Labute approximate surface area is 440 Å². The zero-order valence-corrected chi connectivity index (χ0v) is 40.4. The molecule has 11 rings (SSSR count). The van der Waals surface area contributed by atoms with Gasteiger partial charge in [0.1, 0.15) is 11.6 Å². The number of rotatable bonds is 8. The van der Waals surface area contributed by atoms with E-state index in [1.807, 2.05) is 0 Å². The summed E-state index contributed by atoms with van der Waals surface area (Å²) in [5.74, 6) is -1.73. The second kappa shape index (κ2) is 19.5. The van der Waals surface area contributed by atoms with Crippen molar-refractivity contribution >= 4 is 21.8 Å². The van der Waals surface area contributed by atoms with E-state index in [2.05, 4.69) is 0 Å². The molecule has 0 bridgehead atoms. The van der Waals surface area contributed by atoms with Crippen LogP contribution >= 0.6 is 0 Å². The second-order valence-corrected chi connectivity index (χ2v) is 18.7. The fraction of sp³-hybridized carbons (Fsp3) is 0.0625. The number of alkyl halides is 12. The zero-order chi connectivity index (χ0) is 55.8. The van der Waals surface area contributed by atoms with Crippen molar-refractivity contribution in [3.05, 3.63) is 246 Å². The molecule has 0 fully saturated rings. The SMILES string of the molecule is Fc1cc(F)cc(-c2ccccc2-n2c3ccc(-c4cc(-c5ccccc5C(F)(F)F)cc(-c5ccccc5C(F)(F)F)c4)cc3c3cc(-c4cc(-c5ccccc5C(F)(F)F)cc(-c5ccccc5C(F)(F)F)c4)ccc32)c1. The van der Waals surface area contributed by atoms with E-state index in [1.54, 1.807) is 65.2 Å². The molecule has 10 aromatic carbocycles. The summed E-state index contributed by atoms with van der Waals surface area (Å²) in [5, 5.41) is 0.822. The summed E-state index contributed by atoms with van der Waals surface area (Å²) < 4.78 is 208. The molecule has 1 heterocycles. The van der Waals surface area contributed by atoms with Crippen LogP contribution in [0.1, 0.15) is 22.3 Å². The van der Waals surface area contributed by atoms with Gasteiger partial charge in [0.05, 0.1) is 39.0 Å². The van der Waals surface area contributed by atoms with Crippen LogP contribution in [0.25, 0.3) is 105 Å². The molecule has 0 atom stereocenters. The summed E-state index contributed by atoms with van der Waals surface area (Å²) in [5.41, 5.74) is -2.85. The number of para-hydroxylation sites is 1. The van der Waals surface area contributed by atoms with Gasteiger partial charge in [0.2, 0.25) is 0 Å². The Balaban J connectivity index is 1.20. The highest BCUT2D eigenvalue weighted by atomic mass is 19.4. The number of nitrogens with zero attached hydrogens (tertiary/aromatic N) is 1. The van der Waals surface area contributed by atoms with Crippen molar-refractivity contribution in [1.29, 1.82) is 0 Å². The van der Waals surface area contributed by atoms with Crippen LogP contribution in [-0.4, -0.2) is 4.57 Å². The van der Waals surface area contributed by atoms with Crippen LogP contribution in [0.5, 0.6) is 0 Å². The Bertz CT molecular complexity index is 3780. The first-order valence-electron chi connectivity index (χ1n) is 24.1. The monoisotopic (exact) mass is 1080 g/mol. The average molecular weight is 1080 g/mol. The minimum absolute atomic E-state index is 0.0617. The largest absolute Gasteiger partial charge is 0.417 e. The highest BCUT2D eigenvalue weighted by Gasteiger charge is 2.37. The smallest absolute Gasteiger partial charge is 0.309 e. The molecule has 0 saturated carbocycles. The van der Waals surface area contributed by atoms with Crippen LogP contribution in [0, 0.1) is 11.6 Å². The van der Waals surface area contributed by atoms with Gasteiger partial charge in [-0.05, 0) is 175 Å². The minimum atomic E-state index is -4.87. The molecule has 0 saturated heterocycles. The summed E-state index contributed by atoms with van der Waals surface area (Å²) in [6.07, 6.45) is -19.5. The van der Waals surface area contributed by atoms with Crippen LogP contribution in [0.15, 0.2) is 212 Å². The van der Waals surface area contributed by atoms with E-state index in [1.165, 1.54) is 109 Å². The Kier molecular flexibility index (Phi) is 12.8. The van der Waals surface area contributed by atoms with Gasteiger partial charge in [-0.1, -0.05) is 103 Å². The van der Waals surface area contributed by atoms with Gasteiger partial charge in [0.15, 0.2) is 0 Å². The van der Waals surface area contributed by atoms with Gasteiger partial charge >= 0.3 is 24.7 Å². The third-order valence-corrected chi connectivity index (χ3v) is 13.8. The van der Waals surface area contributed by atoms with E-state index in [0.717, 1.165) is 36.4 Å². The first-order chi connectivity index (χ1) is 37.5. The second-order valence-electron chi connectivity index (χ2n) is 18.7. The van der Waals surface area contributed by atoms with Crippen molar-refractivity contribution in [2.45, 2.75) is 24.7 Å². The molecule has 0 radical (unpaired) electrons. The lowest BCUT2D eigenvalue weighted by Crippen LogP contribution is -2.08. The quantitative estimate of drug-likeness (QED) is 0.134. The van der Waals surface area contributed by atoms with Gasteiger partial charge in [0, 0.05) is 22.4 Å². The van der Waals surface area contributed by atoms with E-state index in [-0.39, 0.29) is 61.2 Å². The lowest BCUT2D eigenvalue weighted by Gasteiger charge is -2.18. The van der Waals surface area contributed by atoms with Crippen molar-refractivity contribution in [3.8, 4) is 83.6 Å². The molecule has 0 spiro atoms. The Hall–Kier alpha value is -8.98. The number of benzene rings is 10. The summed E-state index contributed by atoms with van der Waals surface area (Å²) in [6.45, 7) is 0. The van der Waals surface area contributed by atoms with Gasteiger partial charge in [-0.2, -0.15) is 52.7 Å². The van der Waals surface area contributed by atoms with E-state index >= 15 is 0 Å². The summed E-state index contributed by atoms with van der Waals surface area (Å²) in [6, 6.07) is 46.3. The zero-order valence-electron chi connectivity index (χ0n) is 40.4. The van der Waals surface area contributed by atoms with Crippen LogP contribution in [0.4, 0.5) is 61.5 Å². The van der Waals surface area contributed by atoms with Crippen LogP contribution in [-0.2, 0) is 24.7 Å². The molecule has 0 aliphatic carbocycles. The van der Waals surface area contributed by atoms with Crippen molar-refractivity contribution < 1.29 is 61.5 Å². The number of halogens is 14. The lowest BCUT2D eigenvalue weighted by atomic mass is 9.89. The van der Waals surface area contributed by atoms with Gasteiger partial charge < -0.3 is 4.57 Å². The first-order valence-corrected chi connectivity index (χ1v) is 24.1. The normalized spacial score (nSPS) is 12.4. The molecule has 15 heteroatoms. The van der Waals surface area contributed by atoms with Crippen LogP contribution in [0.2, 0.25) is 0 Å². The Morgan fingerprint density at radius 1 is 0.241 bits per heavy atom. The van der Waals surface area contributed by atoms with Gasteiger partial charge in [-0.3, -0.25) is 0 Å². The lowest BCUT2D eigenvalue weighted by molar-refractivity contribution is -0.137. The number of hydrogen-bond acceptors (Lipinski definition) is 0. The third-order valence-electron chi connectivity index (χ3n) is 13.8. The maximum Gasteiger partial charge on any atom is 0.417 e. The average Bonchev–Trinajstić information content (AvgIpc) is 3.80. The topological polar surface area (TPSA) is 4.93 Å². The van der Waals surface area contributed by atoms with E-state index in [0.29, 0.717) is 50.2 Å². The molecule has 11 aromatic rings. The van der Waals surface area contributed by atoms with E-state index in [4.69, 9.17) is 0 Å². The molecule has 0 aliphatic rings. The molecular weight excluding hydrogens is 1050 g/mol. The fourth-order valence-electron chi connectivity index (χ4n) is 10.4.